The smallest absolute Gasteiger partial charge is 0.251 e. The van der Waals surface area contributed by atoms with Gasteiger partial charge in [-0.3, -0.25) is 14.5 Å². The summed E-state index contributed by atoms with van der Waals surface area (Å²) >= 11 is 12.5. The predicted octanol–water partition coefficient (Wildman–Crippen LogP) is 9.59. The van der Waals surface area contributed by atoms with E-state index in [1.807, 2.05) is 45.0 Å². The van der Waals surface area contributed by atoms with Crippen LogP contribution >= 0.6 is 23.2 Å². The van der Waals surface area contributed by atoms with Crippen LogP contribution in [0.3, 0.4) is 0 Å². The van der Waals surface area contributed by atoms with Gasteiger partial charge in [-0.1, -0.05) is 98.6 Å². The molecule has 4 unspecified atom stereocenters. The second-order valence-corrected chi connectivity index (χ2v) is 20.4. The topological polar surface area (TPSA) is 182 Å². The number of methoxy groups -OCH3 is 1. The van der Waals surface area contributed by atoms with Crippen LogP contribution in [0, 0.1) is 28.4 Å². The number of nitrogens with zero attached hydrogens (tertiary/aromatic N) is 5. The second-order valence-electron chi connectivity index (χ2n) is 19.6. The molecule has 17 heteroatoms. The fourth-order valence-corrected chi connectivity index (χ4v) is 10.3. The number of benzene rings is 5. The van der Waals surface area contributed by atoms with Crippen LogP contribution in [0.1, 0.15) is 66.6 Å². The molecule has 6 aromatic rings. The van der Waals surface area contributed by atoms with Gasteiger partial charge in [0, 0.05) is 78.5 Å². The molecule has 13 nitrogen and oxygen atoms in total. The van der Waals surface area contributed by atoms with E-state index in [0.29, 0.717) is 35.6 Å². The van der Waals surface area contributed by atoms with E-state index in [-0.39, 0.29) is 44.3 Å². The zero-order valence-electron chi connectivity index (χ0n) is 40.5. The number of phenolic OH excluding ortho intramolecular Hbond substituents is 1. The van der Waals surface area contributed by atoms with Crippen molar-refractivity contribution in [2.75, 3.05) is 57.4 Å². The number of rotatable bonds is 15. The van der Waals surface area contributed by atoms with Gasteiger partial charge in [0.2, 0.25) is 5.91 Å². The number of hydrogen-bond donors (Lipinski definition) is 5. The van der Waals surface area contributed by atoms with Gasteiger partial charge in [0.05, 0.1) is 35.6 Å². The number of carbonyl (C=O) groups excluding carboxylic acids is 2. The maximum Gasteiger partial charge on any atom is 0.251 e. The van der Waals surface area contributed by atoms with E-state index < -0.39 is 46.4 Å². The van der Waals surface area contributed by atoms with Crippen molar-refractivity contribution in [2.45, 2.75) is 63.6 Å². The standard InChI is InChI=1S/C55H57Cl2F2N9O4/c1-54(2,3)30-47-55(32-60,40-19-18-36(56)28-42(40)58)48(38-10-7-11-41(57)49(38)59)50(64-47)53(71)63-43-20-17-35(27-46(43)72-4)52(70)62-21-8-22-67-23-25-68(26-24-67)31-33-13-15-34(16-14-33)39-29-44(65-66-51(39)61)37-9-5-6-12-45(37)69/h5-7,9-20,27-29,47-48,50,64,69H,8,21-26,30-31H2,1-4H3,(H2,61,66)(H,62,70)(H,63,71). The Labute approximate surface area is 428 Å². The largest absolute Gasteiger partial charge is 0.507 e. The summed E-state index contributed by atoms with van der Waals surface area (Å²) in [6.07, 6.45) is 1.04. The summed E-state index contributed by atoms with van der Waals surface area (Å²) in [4.78, 5) is 32.8. The minimum Gasteiger partial charge on any atom is -0.507 e. The Morgan fingerprint density at radius 2 is 1.67 bits per heavy atom. The Morgan fingerprint density at radius 3 is 2.36 bits per heavy atom. The van der Waals surface area contributed by atoms with Crippen LogP contribution < -0.4 is 26.4 Å². The number of nitrogens with two attached hydrogens (primary N) is 1. The van der Waals surface area contributed by atoms with Crippen molar-refractivity contribution in [1.29, 1.82) is 5.26 Å². The Balaban J connectivity index is 0.865. The summed E-state index contributed by atoms with van der Waals surface area (Å²) < 4.78 is 37.9. The number of hydrogen-bond acceptors (Lipinski definition) is 11. The molecule has 2 aliphatic heterocycles. The summed E-state index contributed by atoms with van der Waals surface area (Å²) in [5.41, 5.74) is 8.43. The molecule has 0 radical (unpaired) electrons. The zero-order valence-corrected chi connectivity index (χ0v) is 42.0. The number of nitrogen functional groups attached to an aromatic ring is 1. The van der Waals surface area contributed by atoms with Crippen molar-refractivity contribution in [3.63, 3.8) is 0 Å². The van der Waals surface area contributed by atoms with Gasteiger partial charge in [0.15, 0.2) is 5.82 Å². The summed E-state index contributed by atoms with van der Waals surface area (Å²) in [5.74, 6) is -3.17. The molecule has 5 aromatic carbocycles. The highest BCUT2D eigenvalue weighted by atomic mass is 35.5. The third-order valence-electron chi connectivity index (χ3n) is 13.5. The highest BCUT2D eigenvalue weighted by Crippen LogP contribution is 2.53. The number of para-hydroxylation sites is 1. The molecule has 0 aliphatic carbocycles. The first-order valence-electron chi connectivity index (χ1n) is 23.8. The van der Waals surface area contributed by atoms with Gasteiger partial charge in [-0.15, -0.1) is 10.2 Å². The molecular weight excluding hydrogens is 960 g/mol. The second kappa shape index (κ2) is 22.0. The minimum absolute atomic E-state index is 0.0308. The number of carbonyl (C=O) groups is 2. The molecule has 2 amide bonds. The number of nitrogens with one attached hydrogen (secondary N) is 3. The Morgan fingerprint density at radius 1 is 0.931 bits per heavy atom. The van der Waals surface area contributed by atoms with Crippen LogP contribution in [-0.4, -0.2) is 95.4 Å². The average molecular weight is 1020 g/mol. The molecule has 2 fully saturated rings. The highest BCUT2D eigenvalue weighted by molar-refractivity contribution is 6.31. The van der Waals surface area contributed by atoms with Gasteiger partial charge in [-0.05, 0) is 96.1 Å². The number of piperazine rings is 1. The van der Waals surface area contributed by atoms with E-state index in [9.17, 15) is 20.0 Å². The van der Waals surface area contributed by atoms with Crippen molar-refractivity contribution in [3.05, 3.63) is 153 Å². The molecule has 0 saturated carbocycles. The maximum atomic E-state index is 16.2. The van der Waals surface area contributed by atoms with Gasteiger partial charge in [-0.25, -0.2) is 8.78 Å². The lowest BCUT2D eigenvalue weighted by molar-refractivity contribution is -0.118. The molecule has 2 saturated heterocycles. The molecule has 3 heterocycles. The molecule has 0 spiro atoms. The third kappa shape index (κ3) is 11.2. The first kappa shape index (κ1) is 51.7. The van der Waals surface area contributed by atoms with E-state index in [2.05, 4.69) is 54.1 Å². The first-order valence-corrected chi connectivity index (χ1v) is 24.5. The lowest BCUT2D eigenvalue weighted by atomic mass is 9.62. The number of halogens is 4. The number of ether oxygens (including phenoxy) is 1. The molecule has 2 aliphatic rings. The molecule has 4 atom stereocenters. The fourth-order valence-electron chi connectivity index (χ4n) is 9.98. The van der Waals surface area contributed by atoms with Crippen LogP contribution in [-0.2, 0) is 16.8 Å². The van der Waals surface area contributed by atoms with E-state index >= 15 is 8.78 Å². The quantitative estimate of drug-likeness (QED) is 0.0618. The van der Waals surface area contributed by atoms with E-state index in [4.69, 9.17) is 33.7 Å². The van der Waals surface area contributed by atoms with Crippen LogP contribution in [0.2, 0.25) is 10.0 Å². The van der Waals surface area contributed by atoms with Crippen molar-refractivity contribution >= 4 is 46.5 Å². The molecule has 1 aromatic heterocycles. The molecule has 6 N–H and O–H groups in total. The lowest BCUT2D eigenvalue weighted by Crippen LogP contribution is -2.46. The summed E-state index contributed by atoms with van der Waals surface area (Å²) in [7, 11) is 1.41. The molecular formula is C55H57Cl2F2N9O4. The minimum atomic E-state index is -1.80. The highest BCUT2D eigenvalue weighted by Gasteiger charge is 2.61. The van der Waals surface area contributed by atoms with Gasteiger partial charge in [-0.2, -0.15) is 5.26 Å². The van der Waals surface area contributed by atoms with E-state index in [1.165, 1.54) is 49.1 Å². The normalized spacial score (nSPS) is 19.4. The average Bonchev–Trinajstić information content (AvgIpc) is 3.67. The Bertz CT molecular complexity index is 3000. The SMILES string of the molecule is COc1cc(C(=O)NCCCN2CCN(Cc3ccc(-c4cc(-c5ccccc5O)nnc4N)cc3)CC2)ccc1NC(=O)C1NC(CC(C)(C)C)C(C#N)(c2ccc(Cl)cc2F)C1c1cccc(Cl)c1F. The van der Waals surface area contributed by atoms with Crippen LogP contribution in [0.5, 0.6) is 11.5 Å². The van der Waals surface area contributed by atoms with Crippen molar-refractivity contribution < 1.29 is 28.2 Å². The number of aromatic nitrogens is 2. The molecule has 8 rings (SSSR count). The van der Waals surface area contributed by atoms with E-state index in [0.717, 1.165) is 62.9 Å². The van der Waals surface area contributed by atoms with Gasteiger partial charge in [0.25, 0.3) is 5.91 Å². The molecule has 72 heavy (non-hydrogen) atoms. The Hall–Kier alpha value is -6.67. The number of anilines is 2. The van der Waals surface area contributed by atoms with Crippen LogP contribution in [0.25, 0.3) is 22.4 Å². The molecule has 0 bridgehead atoms. The van der Waals surface area contributed by atoms with Gasteiger partial charge in [0.1, 0.15) is 28.5 Å². The van der Waals surface area contributed by atoms with Gasteiger partial charge >= 0.3 is 0 Å². The number of phenols is 1. The van der Waals surface area contributed by atoms with E-state index in [1.54, 1.807) is 30.3 Å². The number of aromatic hydroxyl groups is 1. The van der Waals surface area contributed by atoms with Gasteiger partial charge < -0.3 is 36.4 Å². The first-order chi connectivity index (χ1) is 34.5. The summed E-state index contributed by atoms with van der Waals surface area (Å²) in [6, 6.07) is 30.3. The fraction of sp³-hybridized carbons (Fsp3) is 0.327. The van der Waals surface area contributed by atoms with Crippen LogP contribution in [0.15, 0.2) is 109 Å². The maximum absolute atomic E-state index is 16.2. The van der Waals surface area contributed by atoms with Crippen LogP contribution in [0.4, 0.5) is 20.3 Å². The summed E-state index contributed by atoms with van der Waals surface area (Å²) in [6.45, 7) is 11.5. The predicted molar refractivity (Wildman–Crippen MR) is 277 cm³/mol. The van der Waals surface area contributed by atoms with Crippen molar-refractivity contribution in [3.8, 4) is 40.0 Å². The third-order valence-corrected chi connectivity index (χ3v) is 14.1. The number of amides is 2. The van der Waals surface area contributed by atoms with Crippen molar-refractivity contribution in [1.82, 2.24) is 30.6 Å². The monoisotopic (exact) mass is 1020 g/mol. The van der Waals surface area contributed by atoms with Crippen molar-refractivity contribution in [2.24, 2.45) is 5.41 Å². The number of nitriles is 1. The zero-order chi connectivity index (χ0) is 51.3. The summed E-state index contributed by atoms with van der Waals surface area (Å²) in [5, 5.41) is 39.0. The molecule has 374 valence electrons. The lowest BCUT2D eigenvalue weighted by Gasteiger charge is -2.37. The Kier molecular flexibility index (Phi) is 15.8.